The number of carboxylic acids is 1. The Morgan fingerprint density at radius 2 is 2.38 bits per heavy atom. The third kappa shape index (κ3) is 2.68. The molecule has 1 fully saturated rings. The van der Waals surface area contributed by atoms with Crippen molar-refractivity contribution in [1.82, 2.24) is 0 Å². The monoisotopic (exact) mass is 187 g/mol. The topological polar surface area (TPSA) is 37.3 Å². The fourth-order valence-corrected chi connectivity index (χ4v) is 2.30. The molecule has 1 aliphatic rings. The molecule has 3 heteroatoms. The van der Waals surface area contributed by atoms with E-state index in [0.717, 1.165) is 19.3 Å². The quantitative estimate of drug-likeness (QED) is 0.737. The Morgan fingerprint density at radius 1 is 1.69 bits per heavy atom. The van der Waals surface area contributed by atoms with Crippen LogP contribution in [0, 0.1) is 5.41 Å². The second kappa shape index (κ2) is 4.07. The van der Waals surface area contributed by atoms with E-state index < -0.39 is 12.1 Å². The summed E-state index contributed by atoms with van der Waals surface area (Å²) >= 11 is 0. The van der Waals surface area contributed by atoms with E-state index in [9.17, 15) is 9.18 Å². The van der Waals surface area contributed by atoms with Gasteiger partial charge in [-0.25, -0.2) is 4.39 Å². The van der Waals surface area contributed by atoms with Crippen LogP contribution in [-0.2, 0) is 4.79 Å². The first kappa shape index (κ1) is 10.5. The molecule has 0 bridgehead atoms. The molecule has 0 aromatic carbocycles. The lowest BCUT2D eigenvalue weighted by atomic mass is 9.69. The van der Waals surface area contributed by atoms with Crippen molar-refractivity contribution in [3.63, 3.8) is 0 Å². The molecule has 2 unspecified atom stereocenters. The molecule has 13 heavy (non-hydrogen) atoms. The van der Waals surface area contributed by atoms with Gasteiger partial charge in [0.1, 0.15) is 6.17 Å². The maximum absolute atomic E-state index is 13.1. The zero-order valence-electron chi connectivity index (χ0n) is 8.05. The summed E-state index contributed by atoms with van der Waals surface area (Å²) < 4.78 is 13.1. The molecule has 1 rings (SSSR count). The number of carboxylic acid groups (broad SMARTS) is 1. The van der Waals surface area contributed by atoms with E-state index in [1.165, 1.54) is 0 Å². The fraction of sp³-hybridized carbons (Fsp3) is 0.900. The maximum atomic E-state index is 13.1. The molecule has 76 valence electrons. The van der Waals surface area contributed by atoms with Crippen LogP contribution in [0.1, 0.15) is 45.4 Å². The maximum Gasteiger partial charge on any atom is 0.303 e. The molecule has 0 spiro atoms. The Balaban J connectivity index is 2.61. The number of alkyl halides is 1. The largest absolute Gasteiger partial charge is 0.481 e. The normalized spacial score (nSPS) is 34.5. The van der Waals surface area contributed by atoms with Crippen molar-refractivity contribution in [3.05, 3.63) is 0 Å². The van der Waals surface area contributed by atoms with Gasteiger partial charge < -0.3 is 5.11 Å². The molecule has 1 N–H and O–H groups in total. The van der Waals surface area contributed by atoms with E-state index in [-0.39, 0.29) is 11.8 Å². The van der Waals surface area contributed by atoms with Gasteiger partial charge in [-0.3, -0.25) is 4.79 Å². The van der Waals surface area contributed by atoms with Crippen molar-refractivity contribution < 1.29 is 14.3 Å². The van der Waals surface area contributed by atoms with Crippen LogP contribution in [0.25, 0.3) is 0 Å². The van der Waals surface area contributed by atoms with Crippen molar-refractivity contribution >= 4 is 5.97 Å². The Bertz CT molecular complexity index is 193. The zero-order chi connectivity index (χ0) is 9.90. The van der Waals surface area contributed by atoms with Crippen LogP contribution >= 0.6 is 0 Å². The zero-order valence-corrected chi connectivity index (χ0v) is 8.05. The lowest BCUT2D eigenvalue weighted by molar-refractivity contribution is -0.140. The highest BCUT2D eigenvalue weighted by molar-refractivity contribution is 5.67. The summed E-state index contributed by atoms with van der Waals surface area (Å²) in [5, 5.41) is 8.73. The van der Waals surface area contributed by atoms with E-state index in [4.69, 9.17) is 5.11 Å². The van der Waals surface area contributed by atoms with Crippen molar-refractivity contribution in [2.45, 2.75) is 51.6 Å². The average Bonchev–Trinajstić information content (AvgIpc) is 2.03. The summed E-state index contributed by atoms with van der Waals surface area (Å²) in [5.74, 6) is -0.795. The molecule has 1 saturated carbocycles. The van der Waals surface area contributed by atoms with Crippen molar-refractivity contribution in [1.29, 1.82) is 0 Å². The molecular weight excluding hydrogens is 170 g/mol. The Kier molecular flexibility index (Phi) is 3.28. The summed E-state index contributed by atoms with van der Waals surface area (Å²) in [5.41, 5.74) is -0.260. The molecule has 0 saturated heterocycles. The number of hydrogen-bond donors (Lipinski definition) is 1. The van der Waals surface area contributed by atoms with Gasteiger partial charge in [-0.15, -0.1) is 0 Å². The van der Waals surface area contributed by atoms with Crippen LogP contribution < -0.4 is 0 Å². The van der Waals surface area contributed by atoms with Gasteiger partial charge >= 0.3 is 5.97 Å². The number of halogens is 1. The second-order valence-corrected chi connectivity index (χ2v) is 4.12. The minimum absolute atomic E-state index is 0.129. The van der Waals surface area contributed by atoms with Crippen LogP contribution in [0.4, 0.5) is 4.39 Å². The number of hydrogen-bond acceptors (Lipinski definition) is 1. The van der Waals surface area contributed by atoms with Crippen LogP contribution in [0.5, 0.6) is 0 Å². The van der Waals surface area contributed by atoms with Crippen LogP contribution in [0.2, 0.25) is 0 Å². The summed E-state index contributed by atoms with van der Waals surface area (Å²) in [6.45, 7) is 1.96. The molecule has 0 heterocycles. The summed E-state index contributed by atoms with van der Waals surface area (Å²) in [7, 11) is 0. The van der Waals surface area contributed by atoms with Gasteiger partial charge in [0.05, 0.1) is 6.42 Å². The SMILES string of the molecule is CCC1(CC(=O)O)CCCC([18F])C1. The second-order valence-electron chi connectivity index (χ2n) is 4.12. The lowest BCUT2D eigenvalue weighted by Gasteiger charge is -2.36. The standard InChI is InChI=1S/C10H17FO2/c1-2-10(7-9(12)13)5-3-4-8(11)6-10/h8H,2-7H2,1H3,(H,12,13)/i11-1. The third-order valence-electron chi connectivity index (χ3n) is 3.16. The van der Waals surface area contributed by atoms with Crippen molar-refractivity contribution in [3.8, 4) is 0 Å². The van der Waals surface area contributed by atoms with E-state index >= 15 is 0 Å². The first-order valence-corrected chi connectivity index (χ1v) is 4.94. The van der Waals surface area contributed by atoms with Crippen LogP contribution in [-0.4, -0.2) is 17.2 Å². The molecule has 0 aromatic heterocycles. The van der Waals surface area contributed by atoms with Gasteiger partial charge in [0, 0.05) is 0 Å². The van der Waals surface area contributed by atoms with Gasteiger partial charge in [0.25, 0.3) is 0 Å². The van der Waals surface area contributed by atoms with E-state index in [2.05, 4.69) is 0 Å². The highest BCUT2D eigenvalue weighted by Gasteiger charge is 2.36. The first-order valence-electron chi connectivity index (χ1n) is 4.94. The molecule has 0 amide bonds. The third-order valence-corrected chi connectivity index (χ3v) is 3.16. The van der Waals surface area contributed by atoms with E-state index in [1.807, 2.05) is 6.92 Å². The van der Waals surface area contributed by atoms with E-state index in [1.54, 1.807) is 0 Å². The van der Waals surface area contributed by atoms with Gasteiger partial charge in [0.2, 0.25) is 0 Å². The van der Waals surface area contributed by atoms with Gasteiger partial charge in [-0.05, 0) is 37.5 Å². The molecule has 2 atom stereocenters. The molecule has 2 nitrogen and oxygen atoms in total. The minimum Gasteiger partial charge on any atom is -0.481 e. The van der Waals surface area contributed by atoms with E-state index in [0.29, 0.717) is 12.8 Å². The molecule has 0 aromatic rings. The summed E-state index contributed by atoms with van der Waals surface area (Å²) in [6, 6.07) is 0. The Hall–Kier alpha value is -0.600. The number of carbonyl (C=O) groups is 1. The van der Waals surface area contributed by atoms with Crippen LogP contribution in [0.3, 0.4) is 0 Å². The van der Waals surface area contributed by atoms with Gasteiger partial charge in [-0.1, -0.05) is 6.92 Å². The molecular formula is C10H17FO2. The molecule has 0 aliphatic heterocycles. The summed E-state index contributed by atoms with van der Waals surface area (Å²) in [4.78, 5) is 10.6. The number of rotatable bonds is 3. The van der Waals surface area contributed by atoms with Crippen LogP contribution in [0.15, 0.2) is 0 Å². The minimum atomic E-state index is -0.795. The predicted molar refractivity (Wildman–Crippen MR) is 48.3 cm³/mol. The predicted octanol–water partition coefficient (Wildman–Crippen LogP) is 2.77. The average molecular weight is 187 g/mol. The van der Waals surface area contributed by atoms with Crippen molar-refractivity contribution in [2.24, 2.45) is 5.41 Å². The summed E-state index contributed by atoms with van der Waals surface area (Å²) in [6.07, 6.45) is 2.88. The highest BCUT2D eigenvalue weighted by atomic mass is 18.2. The first-order chi connectivity index (χ1) is 6.08. The fourth-order valence-electron chi connectivity index (χ4n) is 2.30. The highest BCUT2D eigenvalue weighted by Crippen LogP contribution is 2.43. The van der Waals surface area contributed by atoms with Gasteiger partial charge in [-0.2, -0.15) is 0 Å². The molecule has 0 radical (unpaired) electrons. The lowest BCUT2D eigenvalue weighted by Crippen LogP contribution is -2.31. The van der Waals surface area contributed by atoms with Gasteiger partial charge in [0.15, 0.2) is 0 Å². The van der Waals surface area contributed by atoms with Crippen molar-refractivity contribution in [2.75, 3.05) is 0 Å². The smallest absolute Gasteiger partial charge is 0.303 e. The molecule has 1 aliphatic carbocycles. The Morgan fingerprint density at radius 3 is 2.85 bits per heavy atom. The Labute approximate surface area is 78.1 Å². The number of aliphatic carboxylic acids is 1.